The van der Waals surface area contributed by atoms with Crippen LogP contribution in [-0.2, 0) is 10.0 Å². The van der Waals surface area contributed by atoms with Crippen molar-refractivity contribution < 1.29 is 23.2 Å². The van der Waals surface area contributed by atoms with Gasteiger partial charge in [0.05, 0.1) is 27.6 Å². The summed E-state index contributed by atoms with van der Waals surface area (Å²) in [5.74, 6) is -1.32. The van der Waals surface area contributed by atoms with Gasteiger partial charge in [0, 0.05) is 12.1 Å². The molecule has 30 heavy (non-hydrogen) atoms. The summed E-state index contributed by atoms with van der Waals surface area (Å²) in [4.78, 5) is 21.4. The summed E-state index contributed by atoms with van der Waals surface area (Å²) in [7, 11) is -4.38. The number of aromatic carboxylic acids is 1. The summed E-state index contributed by atoms with van der Waals surface area (Å²) >= 11 is 0. The molecule has 156 valence electrons. The van der Waals surface area contributed by atoms with E-state index in [2.05, 4.69) is 15.2 Å². The number of sulfonamides is 1. The van der Waals surface area contributed by atoms with Gasteiger partial charge in [0.25, 0.3) is 15.7 Å². The lowest BCUT2D eigenvalue weighted by atomic mass is 10.2. The predicted molar refractivity (Wildman–Crippen MR) is 111 cm³/mol. The number of para-hydroxylation sites is 1. The Bertz CT molecular complexity index is 1190. The second kappa shape index (κ2) is 8.33. The Kier molecular flexibility index (Phi) is 5.83. The molecule has 0 unspecified atom stereocenters. The quantitative estimate of drug-likeness (QED) is 0.448. The Morgan fingerprint density at radius 1 is 1.17 bits per heavy atom. The molecule has 0 atom stereocenters. The van der Waals surface area contributed by atoms with Crippen molar-refractivity contribution in [3.63, 3.8) is 0 Å². The summed E-state index contributed by atoms with van der Waals surface area (Å²) in [6, 6.07) is 8.75. The van der Waals surface area contributed by atoms with E-state index < -0.39 is 31.5 Å². The zero-order chi connectivity index (χ0) is 21.9. The average Bonchev–Trinajstić information content (AvgIpc) is 3.11. The van der Waals surface area contributed by atoms with Crippen LogP contribution in [0.3, 0.4) is 0 Å². The number of carbonyl (C=O) groups is 1. The lowest BCUT2D eigenvalue weighted by Gasteiger charge is -2.13. The number of hydrogen-bond donors (Lipinski definition) is 3. The maximum atomic E-state index is 13.0. The van der Waals surface area contributed by atoms with E-state index in [1.807, 2.05) is 13.0 Å². The number of hydrazone groups is 1. The van der Waals surface area contributed by atoms with Crippen molar-refractivity contribution in [1.29, 1.82) is 0 Å². The van der Waals surface area contributed by atoms with Crippen molar-refractivity contribution in [1.82, 2.24) is 0 Å². The number of non-ortho nitro benzene ring substituents is 1. The molecule has 0 aliphatic heterocycles. The number of hydrogen-bond acceptors (Lipinski definition) is 7. The Balaban J connectivity index is 2.02. The second-order valence-electron chi connectivity index (χ2n) is 6.60. The SMILES string of the molecule is CC1=C/C(=N\Nc2ccc([N+](=O)[O-])cc2S(=O)(=O)Nc2ccccc2C(=O)O)CC1. The van der Waals surface area contributed by atoms with Gasteiger partial charge < -0.3 is 5.11 Å². The van der Waals surface area contributed by atoms with E-state index in [-0.39, 0.29) is 16.9 Å². The lowest BCUT2D eigenvalue weighted by molar-refractivity contribution is -0.385. The number of nitrogens with zero attached hydrogens (tertiary/aromatic N) is 2. The third kappa shape index (κ3) is 4.63. The van der Waals surface area contributed by atoms with E-state index in [9.17, 15) is 28.4 Å². The minimum Gasteiger partial charge on any atom is -0.478 e. The lowest BCUT2D eigenvalue weighted by Crippen LogP contribution is -2.17. The number of nitro groups is 1. The van der Waals surface area contributed by atoms with Crippen molar-refractivity contribution in [2.75, 3.05) is 10.1 Å². The highest BCUT2D eigenvalue weighted by Crippen LogP contribution is 2.29. The van der Waals surface area contributed by atoms with E-state index >= 15 is 0 Å². The standard InChI is InChI=1S/C19H18N4O6S/c1-12-6-7-13(10-12)20-21-17-9-8-14(23(26)27)11-18(17)30(28,29)22-16-5-3-2-4-15(16)19(24)25/h2-5,8-11,21-22H,6-7H2,1H3,(H,24,25)/b20-13-. The van der Waals surface area contributed by atoms with Crippen LogP contribution in [0.5, 0.6) is 0 Å². The van der Waals surface area contributed by atoms with E-state index in [1.165, 1.54) is 30.3 Å². The van der Waals surface area contributed by atoms with Gasteiger partial charge in [-0.05, 0) is 44.0 Å². The zero-order valence-electron chi connectivity index (χ0n) is 15.8. The monoisotopic (exact) mass is 430 g/mol. The topological polar surface area (TPSA) is 151 Å². The van der Waals surface area contributed by atoms with Crippen LogP contribution < -0.4 is 10.1 Å². The third-order valence-electron chi connectivity index (χ3n) is 4.38. The van der Waals surface area contributed by atoms with E-state index in [0.29, 0.717) is 6.42 Å². The highest BCUT2D eigenvalue weighted by atomic mass is 32.2. The molecule has 0 fully saturated rings. The molecule has 1 aliphatic rings. The molecule has 2 aromatic carbocycles. The molecule has 3 rings (SSSR count). The van der Waals surface area contributed by atoms with Gasteiger partial charge in [0.2, 0.25) is 0 Å². The number of rotatable bonds is 7. The number of allylic oxidation sites excluding steroid dienone is 2. The number of nitrogens with one attached hydrogen (secondary N) is 2. The predicted octanol–water partition coefficient (Wildman–Crippen LogP) is 3.60. The molecule has 1 aliphatic carbocycles. The molecule has 0 saturated heterocycles. The molecule has 0 spiro atoms. The molecule has 2 aromatic rings. The summed E-state index contributed by atoms with van der Waals surface area (Å²) in [5, 5.41) is 24.6. The Morgan fingerprint density at radius 2 is 1.90 bits per heavy atom. The largest absolute Gasteiger partial charge is 0.478 e. The van der Waals surface area contributed by atoms with Crippen LogP contribution in [0.2, 0.25) is 0 Å². The van der Waals surface area contributed by atoms with Crippen LogP contribution in [0.4, 0.5) is 17.1 Å². The third-order valence-corrected chi connectivity index (χ3v) is 5.78. The molecular weight excluding hydrogens is 412 g/mol. The van der Waals surface area contributed by atoms with Crippen LogP contribution in [-0.4, -0.2) is 30.1 Å². The molecule has 11 heteroatoms. The maximum absolute atomic E-state index is 13.0. The van der Waals surface area contributed by atoms with Gasteiger partial charge in [-0.15, -0.1) is 0 Å². The number of carboxylic acid groups (broad SMARTS) is 1. The summed E-state index contributed by atoms with van der Waals surface area (Å²) in [5.41, 5.74) is 3.68. The molecule has 0 aromatic heterocycles. The molecule has 3 N–H and O–H groups in total. The second-order valence-corrected chi connectivity index (χ2v) is 8.25. The zero-order valence-corrected chi connectivity index (χ0v) is 16.6. The molecule has 0 saturated carbocycles. The summed E-state index contributed by atoms with van der Waals surface area (Å²) in [6.07, 6.45) is 3.41. The van der Waals surface area contributed by atoms with Crippen LogP contribution in [0.1, 0.15) is 30.1 Å². The Labute approximate surface area is 172 Å². The van der Waals surface area contributed by atoms with Crippen molar-refractivity contribution in [2.24, 2.45) is 5.10 Å². The van der Waals surface area contributed by atoms with Crippen LogP contribution in [0.15, 0.2) is 64.1 Å². The smallest absolute Gasteiger partial charge is 0.337 e. The Morgan fingerprint density at radius 3 is 2.53 bits per heavy atom. The fourth-order valence-corrected chi connectivity index (χ4v) is 4.13. The van der Waals surface area contributed by atoms with E-state index in [0.717, 1.165) is 29.8 Å². The molecule has 0 bridgehead atoms. The van der Waals surface area contributed by atoms with E-state index in [4.69, 9.17) is 0 Å². The number of nitro benzene ring substituents is 1. The van der Waals surface area contributed by atoms with Gasteiger partial charge in [-0.1, -0.05) is 17.7 Å². The van der Waals surface area contributed by atoms with E-state index in [1.54, 1.807) is 0 Å². The highest BCUT2D eigenvalue weighted by molar-refractivity contribution is 7.93. The first-order chi connectivity index (χ1) is 14.2. The fraction of sp³-hybridized carbons (Fsp3) is 0.158. The summed E-state index contributed by atoms with van der Waals surface area (Å²) < 4.78 is 28.2. The number of carboxylic acids is 1. The highest BCUT2D eigenvalue weighted by Gasteiger charge is 2.24. The first-order valence-electron chi connectivity index (χ1n) is 8.81. The molecule has 0 radical (unpaired) electrons. The first kappa shape index (κ1) is 21.0. The summed E-state index contributed by atoms with van der Waals surface area (Å²) in [6.45, 7) is 1.95. The molecule has 10 nitrogen and oxygen atoms in total. The molecular formula is C19H18N4O6S. The van der Waals surface area contributed by atoms with Crippen LogP contribution in [0, 0.1) is 10.1 Å². The normalized spacial score (nSPS) is 15.0. The number of benzene rings is 2. The van der Waals surface area contributed by atoms with Gasteiger partial charge in [0.1, 0.15) is 4.90 Å². The van der Waals surface area contributed by atoms with Crippen molar-refractivity contribution >= 4 is 38.8 Å². The number of anilines is 2. The van der Waals surface area contributed by atoms with Gasteiger partial charge in [-0.2, -0.15) is 5.10 Å². The van der Waals surface area contributed by atoms with Gasteiger partial charge in [-0.3, -0.25) is 20.3 Å². The first-order valence-corrected chi connectivity index (χ1v) is 10.3. The average molecular weight is 430 g/mol. The van der Waals surface area contributed by atoms with Gasteiger partial charge in [0.15, 0.2) is 0 Å². The fourth-order valence-electron chi connectivity index (χ4n) is 2.87. The van der Waals surface area contributed by atoms with Gasteiger partial charge in [-0.25, -0.2) is 13.2 Å². The molecule has 0 amide bonds. The molecule has 0 heterocycles. The Hall–Kier alpha value is -3.73. The van der Waals surface area contributed by atoms with Crippen molar-refractivity contribution in [2.45, 2.75) is 24.7 Å². The minimum absolute atomic E-state index is 0.0198. The maximum Gasteiger partial charge on any atom is 0.337 e. The minimum atomic E-state index is -4.38. The van der Waals surface area contributed by atoms with Gasteiger partial charge >= 0.3 is 5.97 Å². The van der Waals surface area contributed by atoms with Crippen molar-refractivity contribution in [3.05, 3.63) is 69.8 Å². The van der Waals surface area contributed by atoms with Crippen LogP contribution in [0.25, 0.3) is 0 Å². The van der Waals surface area contributed by atoms with Crippen molar-refractivity contribution in [3.8, 4) is 0 Å². The van der Waals surface area contributed by atoms with Crippen LogP contribution >= 0.6 is 0 Å².